The zero-order valence-electron chi connectivity index (χ0n) is 8.85. The van der Waals surface area contributed by atoms with Crippen molar-refractivity contribution in [2.75, 3.05) is 17.7 Å². The van der Waals surface area contributed by atoms with Crippen LogP contribution in [0.4, 0.5) is 11.4 Å². The molecule has 0 saturated carbocycles. The van der Waals surface area contributed by atoms with Crippen molar-refractivity contribution in [3.63, 3.8) is 0 Å². The second kappa shape index (κ2) is 4.65. The fourth-order valence-electron chi connectivity index (χ4n) is 1.28. The van der Waals surface area contributed by atoms with Crippen LogP contribution in [0.25, 0.3) is 0 Å². The fraction of sp³-hybridized carbons (Fsp3) is 0.364. The smallest absolute Gasteiger partial charge is 0.224 e. The lowest BCUT2D eigenvalue weighted by Gasteiger charge is -2.11. The number of hydrogen-bond acceptors (Lipinski definition) is 2. The van der Waals surface area contributed by atoms with Crippen molar-refractivity contribution in [2.45, 2.75) is 20.3 Å². The van der Waals surface area contributed by atoms with Crippen molar-refractivity contribution in [3.8, 4) is 0 Å². The van der Waals surface area contributed by atoms with E-state index in [9.17, 15) is 4.79 Å². The molecule has 1 amide bonds. The Morgan fingerprint density at radius 3 is 2.57 bits per heavy atom. The molecule has 0 heterocycles. The Hall–Kier alpha value is -1.51. The van der Waals surface area contributed by atoms with Gasteiger partial charge in [0.1, 0.15) is 0 Å². The molecule has 0 fully saturated rings. The van der Waals surface area contributed by atoms with Crippen LogP contribution >= 0.6 is 0 Å². The van der Waals surface area contributed by atoms with Crippen LogP contribution in [0.3, 0.4) is 0 Å². The average Bonchev–Trinajstić information content (AvgIpc) is 2.21. The van der Waals surface area contributed by atoms with Crippen molar-refractivity contribution in [1.29, 1.82) is 0 Å². The topological polar surface area (TPSA) is 41.1 Å². The molecule has 2 N–H and O–H groups in total. The van der Waals surface area contributed by atoms with Crippen molar-refractivity contribution < 1.29 is 4.79 Å². The van der Waals surface area contributed by atoms with Crippen molar-refractivity contribution in [2.24, 2.45) is 0 Å². The highest BCUT2D eigenvalue weighted by Crippen LogP contribution is 2.22. The largest absolute Gasteiger partial charge is 0.388 e. The summed E-state index contributed by atoms with van der Waals surface area (Å²) in [4.78, 5) is 11.2. The number of nitrogens with one attached hydrogen (secondary N) is 2. The number of carbonyl (C=O) groups excluding carboxylic acids is 1. The van der Waals surface area contributed by atoms with Crippen molar-refractivity contribution in [1.82, 2.24) is 0 Å². The minimum atomic E-state index is 0.0429. The molecule has 14 heavy (non-hydrogen) atoms. The summed E-state index contributed by atoms with van der Waals surface area (Å²) >= 11 is 0. The van der Waals surface area contributed by atoms with Gasteiger partial charge in [-0.3, -0.25) is 4.79 Å². The molecule has 0 atom stereocenters. The molecule has 0 spiro atoms. The van der Waals surface area contributed by atoms with Crippen LogP contribution in [-0.2, 0) is 4.79 Å². The van der Waals surface area contributed by atoms with Gasteiger partial charge in [0.05, 0.1) is 0 Å². The van der Waals surface area contributed by atoms with E-state index in [1.807, 2.05) is 39.1 Å². The molecular weight excluding hydrogens is 176 g/mol. The van der Waals surface area contributed by atoms with Gasteiger partial charge in [0.15, 0.2) is 0 Å². The quantitative estimate of drug-likeness (QED) is 0.772. The summed E-state index contributed by atoms with van der Waals surface area (Å²) in [6, 6.07) is 5.81. The maximum Gasteiger partial charge on any atom is 0.224 e. The lowest BCUT2D eigenvalue weighted by molar-refractivity contribution is -0.115. The Kier molecular flexibility index (Phi) is 3.51. The summed E-state index contributed by atoms with van der Waals surface area (Å²) in [5.74, 6) is 0.0429. The molecule has 0 aromatic heterocycles. The highest BCUT2D eigenvalue weighted by atomic mass is 16.1. The summed E-state index contributed by atoms with van der Waals surface area (Å²) in [6.45, 7) is 3.82. The maximum absolute atomic E-state index is 11.2. The minimum Gasteiger partial charge on any atom is -0.388 e. The molecule has 3 heteroatoms. The number of rotatable bonds is 3. The van der Waals surface area contributed by atoms with Gasteiger partial charge in [-0.1, -0.05) is 13.0 Å². The van der Waals surface area contributed by atoms with Crippen LogP contribution in [0.15, 0.2) is 18.2 Å². The first-order chi connectivity index (χ1) is 6.69. The van der Waals surface area contributed by atoms with E-state index in [2.05, 4.69) is 10.6 Å². The van der Waals surface area contributed by atoms with Crippen LogP contribution in [0, 0.1) is 6.92 Å². The van der Waals surface area contributed by atoms with E-state index in [0.29, 0.717) is 6.42 Å². The van der Waals surface area contributed by atoms with E-state index < -0.39 is 0 Å². The van der Waals surface area contributed by atoms with Gasteiger partial charge in [-0.05, 0) is 24.6 Å². The van der Waals surface area contributed by atoms with E-state index in [4.69, 9.17) is 0 Å². The first-order valence-corrected chi connectivity index (χ1v) is 4.76. The van der Waals surface area contributed by atoms with Gasteiger partial charge >= 0.3 is 0 Å². The highest BCUT2D eigenvalue weighted by Gasteiger charge is 2.04. The second-order valence-corrected chi connectivity index (χ2v) is 3.13. The van der Waals surface area contributed by atoms with Gasteiger partial charge in [-0.25, -0.2) is 0 Å². The summed E-state index contributed by atoms with van der Waals surface area (Å²) < 4.78 is 0. The summed E-state index contributed by atoms with van der Waals surface area (Å²) in [6.07, 6.45) is 0.503. The molecule has 1 rings (SSSR count). The van der Waals surface area contributed by atoms with Crippen LogP contribution < -0.4 is 10.6 Å². The second-order valence-electron chi connectivity index (χ2n) is 3.13. The molecule has 0 unspecified atom stereocenters. The molecule has 0 radical (unpaired) electrons. The molecule has 0 saturated heterocycles. The molecule has 0 bridgehead atoms. The Morgan fingerprint density at radius 2 is 2.00 bits per heavy atom. The number of hydrogen-bond donors (Lipinski definition) is 2. The Balaban J connectivity index is 2.92. The Morgan fingerprint density at radius 1 is 1.36 bits per heavy atom. The van der Waals surface area contributed by atoms with Crippen LogP contribution in [0.5, 0.6) is 0 Å². The predicted molar refractivity (Wildman–Crippen MR) is 59.6 cm³/mol. The monoisotopic (exact) mass is 192 g/mol. The van der Waals surface area contributed by atoms with Crippen LogP contribution in [0.2, 0.25) is 0 Å². The Bertz CT molecular complexity index is 334. The summed E-state index contributed by atoms with van der Waals surface area (Å²) in [5, 5.41) is 5.93. The van der Waals surface area contributed by atoms with Gasteiger partial charge in [0, 0.05) is 24.8 Å². The molecule has 1 aromatic carbocycles. The highest BCUT2D eigenvalue weighted by molar-refractivity contribution is 5.92. The molecule has 76 valence electrons. The van der Waals surface area contributed by atoms with E-state index >= 15 is 0 Å². The molecule has 0 aliphatic rings. The molecule has 1 aromatic rings. The minimum absolute atomic E-state index is 0.0429. The van der Waals surface area contributed by atoms with Gasteiger partial charge in [0.2, 0.25) is 5.91 Å². The maximum atomic E-state index is 11.2. The SMILES string of the molecule is CCC(=O)Nc1cccc(NC)c1C. The van der Waals surface area contributed by atoms with E-state index in [-0.39, 0.29) is 5.91 Å². The third-order valence-corrected chi connectivity index (χ3v) is 2.20. The molecule has 0 aliphatic heterocycles. The normalized spacial score (nSPS) is 9.64. The zero-order valence-corrected chi connectivity index (χ0v) is 8.85. The van der Waals surface area contributed by atoms with Crippen LogP contribution in [0.1, 0.15) is 18.9 Å². The molecule has 0 aliphatic carbocycles. The standard InChI is InChI=1S/C11H16N2O/c1-4-11(14)13-10-7-5-6-9(12-3)8(10)2/h5-7,12H,4H2,1-3H3,(H,13,14). The van der Waals surface area contributed by atoms with Crippen molar-refractivity contribution in [3.05, 3.63) is 23.8 Å². The number of benzene rings is 1. The van der Waals surface area contributed by atoms with Crippen molar-refractivity contribution >= 4 is 17.3 Å². The van der Waals surface area contributed by atoms with E-state index in [1.54, 1.807) is 0 Å². The molecule has 3 nitrogen and oxygen atoms in total. The first-order valence-electron chi connectivity index (χ1n) is 4.76. The average molecular weight is 192 g/mol. The number of carbonyl (C=O) groups is 1. The van der Waals surface area contributed by atoms with E-state index in [0.717, 1.165) is 16.9 Å². The first kappa shape index (κ1) is 10.6. The third kappa shape index (κ3) is 2.25. The lowest BCUT2D eigenvalue weighted by Crippen LogP contribution is -2.11. The zero-order chi connectivity index (χ0) is 10.6. The van der Waals surface area contributed by atoms with Crippen LogP contribution in [-0.4, -0.2) is 13.0 Å². The lowest BCUT2D eigenvalue weighted by atomic mass is 10.1. The number of amides is 1. The predicted octanol–water partition coefficient (Wildman–Crippen LogP) is 2.39. The van der Waals surface area contributed by atoms with Gasteiger partial charge < -0.3 is 10.6 Å². The van der Waals surface area contributed by atoms with Gasteiger partial charge in [-0.2, -0.15) is 0 Å². The number of anilines is 2. The molecular formula is C11H16N2O. The Labute approximate surface area is 84.5 Å². The summed E-state index contributed by atoms with van der Waals surface area (Å²) in [5.41, 5.74) is 2.99. The van der Waals surface area contributed by atoms with Gasteiger partial charge in [-0.15, -0.1) is 0 Å². The van der Waals surface area contributed by atoms with E-state index in [1.165, 1.54) is 0 Å². The third-order valence-electron chi connectivity index (χ3n) is 2.20. The summed E-state index contributed by atoms with van der Waals surface area (Å²) in [7, 11) is 1.87. The fourth-order valence-corrected chi connectivity index (χ4v) is 1.28. The van der Waals surface area contributed by atoms with Gasteiger partial charge in [0.25, 0.3) is 0 Å².